The van der Waals surface area contributed by atoms with Crippen molar-refractivity contribution < 1.29 is 13.2 Å². The molecule has 0 aliphatic carbocycles. The highest BCUT2D eigenvalue weighted by Gasteiger charge is 2.36. The molecule has 22 heavy (non-hydrogen) atoms. The summed E-state index contributed by atoms with van der Waals surface area (Å²) in [7, 11) is 0. The zero-order chi connectivity index (χ0) is 16.1. The van der Waals surface area contributed by atoms with E-state index in [1.54, 1.807) is 25.3 Å². The second-order valence-electron chi connectivity index (χ2n) is 4.98. The van der Waals surface area contributed by atoms with Crippen molar-refractivity contribution in [2.45, 2.75) is 13.1 Å². The molecule has 2 aromatic heterocycles. The number of hydrogen-bond donors (Lipinski definition) is 3. The van der Waals surface area contributed by atoms with Crippen LogP contribution in [0.15, 0.2) is 24.4 Å². The van der Waals surface area contributed by atoms with Gasteiger partial charge in [-0.3, -0.25) is 5.10 Å². The number of H-pyrrole nitrogens is 1. The molecule has 5 nitrogen and oxygen atoms in total. The van der Waals surface area contributed by atoms with Crippen LogP contribution >= 0.6 is 0 Å². The van der Waals surface area contributed by atoms with Gasteiger partial charge in [-0.05, 0) is 36.2 Å². The fourth-order valence-electron chi connectivity index (χ4n) is 2.37. The van der Waals surface area contributed by atoms with Crippen molar-refractivity contribution in [2.24, 2.45) is 0 Å². The number of alkyl halides is 3. The molecule has 2 heterocycles. The molecule has 3 aromatic rings. The Morgan fingerprint density at radius 2 is 1.86 bits per heavy atom. The largest absolute Gasteiger partial charge is 0.434 e. The summed E-state index contributed by atoms with van der Waals surface area (Å²) in [4.78, 5) is 3.42. The normalized spacial score (nSPS) is 12.0. The van der Waals surface area contributed by atoms with Gasteiger partial charge in [-0.15, -0.1) is 0 Å². The molecule has 0 radical (unpaired) electrons. The van der Waals surface area contributed by atoms with Crippen LogP contribution in [0.2, 0.25) is 0 Å². The number of aromatic nitrogens is 3. The van der Waals surface area contributed by atoms with Gasteiger partial charge in [-0.2, -0.15) is 18.3 Å². The smallest absolute Gasteiger partial charge is 0.396 e. The van der Waals surface area contributed by atoms with E-state index in [0.717, 1.165) is 11.1 Å². The number of aromatic amines is 1. The molecule has 0 unspecified atom stereocenters. The summed E-state index contributed by atoms with van der Waals surface area (Å²) >= 11 is 0. The van der Waals surface area contributed by atoms with Crippen LogP contribution in [0.4, 0.5) is 24.7 Å². The summed E-state index contributed by atoms with van der Waals surface area (Å²) in [6.45, 7) is 1.78. The highest BCUT2D eigenvalue weighted by molar-refractivity contribution is 5.88. The molecule has 0 spiro atoms. The van der Waals surface area contributed by atoms with Crippen LogP contribution in [0.5, 0.6) is 0 Å². The standard InChI is InChI=1S/C14H12F3N5/c1-6-2-7(3-8-5-20-22-11(6)8)9-4-10(18)13(19)21-12(9)14(15,16)17/h2-5H,18H2,1H3,(H2,19,21)(H,20,22). The molecule has 3 rings (SSSR count). The predicted molar refractivity (Wildman–Crippen MR) is 77.9 cm³/mol. The number of nitrogens with one attached hydrogen (secondary N) is 1. The van der Waals surface area contributed by atoms with E-state index >= 15 is 0 Å². The van der Waals surface area contributed by atoms with Gasteiger partial charge in [-0.1, -0.05) is 0 Å². The predicted octanol–water partition coefficient (Wildman–Crippen LogP) is 3.12. The number of rotatable bonds is 1. The van der Waals surface area contributed by atoms with Gasteiger partial charge in [0.15, 0.2) is 5.69 Å². The number of fused-ring (bicyclic) bond motifs is 1. The third-order valence-electron chi connectivity index (χ3n) is 3.41. The van der Waals surface area contributed by atoms with Gasteiger partial charge < -0.3 is 11.5 Å². The Kier molecular flexibility index (Phi) is 2.98. The maximum atomic E-state index is 13.2. The molecule has 0 aliphatic rings. The van der Waals surface area contributed by atoms with E-state index in [2.05, 4.69) is 15.2 Å². The van der Waals surface area contributed by atoms with E-state index in [9.17, 15) is 13.2 Å². The molecule has 0 amide bonds. The first kappa shape index (κ1) is 14.2. The first-order chi connectivity index (χ1) is 10.3. The maximum Gasteiger partial charge on any atom is 0.434 e. The second kappa shape index (κ2) is 4.62. The average Bonchev–Trinajstić information content (AvgIpc) is 2.89. The lowest BCUT2D eigenvalue weighted by atomic mass is 9.99. The number of anilines is 2. The summed E-state index contributed by atoms with van der Waals surface area (Å²) in [5.41, 5.74) is 11.8. The number of nitrogens with two attached hydrogens (primary N) is 2. The quantitative estimate of drug-likeness (QED) is 0.644. The monoisotopic (exact) mass is 307 g/mol. The van der Waals surface area contributed by atoms with Crippen LogP contribution in [-0.2, 0) is 6.18 Å². The van der Waals surface area contributed by atoms with E-state index in [4.69, 9.17) is 11.5 Å². The zero-order valence-electron chi connectivity index (χ0n) is 11.5. The summed E-state index contributed by atoms with van der Waals surface area (Å²) in [6.07, 6.45) is -3.08. The number of pyridine rings is 1. The summed E-state index contributed by atoms with van der Waals surface area (Å²) in [6, 6.07) is 4.43. The van der Waals surface area contributed by atoms with Crippen LogP contribution in [0.1, 0.15) is 11.3 Å². The van der Waals surface area contributed by atoms with Crippen molar-refractivity contribution in [1.82, 2.24) is 15.2 Å². The molecule has 0 atom stereocenters. The molecule has 0 fully saturated rings. The molecule has 8 heteroatoms. The van der Waals surface area contributed by atoms with Gasteiger partial charge in [0.25, 0.3) is 0 Å². The van der Waals surface area contributed by atoms with E-state index in [1.807, 2.05) is 0 Å². The Balaban J connectivity index is 2.31. The van der Waals surface area contributed by atoms with E-state index in [-0.39, 0.29) is 17.1 Å². The highest BCUT2D eigenvalue weighted by Crippen LogP contribution is 2.39. The zero-order valence-corrected chi connectivity index (χ0v) is 11.5. The molecular formula is C14H12F3N5. The number of benzene rings is 1. The van der Waals surface area contributed by atoms with Crippen molar-refractivity contribution in [1.29, 1.82) is 0 Å². The second-order valence-corrected chi connectivity index (χ2v) is 4.98. The number of hydrogen-bond acceptors (Lipinski definition) is 4. The SMILES string of the molecule is Cc1cc(-c2cc(N)c(N)nc2C(F)(F)F)cc2cn[nH]c12. The minimum absolute atomic E-state index is 0.00736. The highest BCUT2D eigenvalue weighted by atomic mass is 19.4. The van der Waals surface area contributed by atoms with Crippen molar-refractivity contribution in [2.75, 3.05) is 11.5 Å². The molecule has 0 saturated carbocycles. The van der Waals surface area contributed by atoms with Crippen LogP contribution in [-0.4, -0.2) is 15.2 Å². The summed E-state index contributed by atoms with van der Waals surface area (Å²) in [5.74, 6) is -0.336. The van der Waals surface area contributed by atoms with Gasteiger partial charge in [0.1, 0.15) is 5.82 Å². The molecule has 1 aromatic carbocycles. The van der Waals surface area contributed by atoms with Crippen LogP contribution in [0.25, 0.3) is 22.0 Å². The van der Waals surface area contributed by atoms with Crippen molar-refractivity contribution in [3.63, 3.8) is 0 Å². The lowest BCUT2D eigenvalue weighted by Gasteiger charge is -2.14. The van der Waals surface area contributed by atoms with Crippen molar-refractivity contribution >= 4 is 22.4 Å². The third-order valence-corrected chi connectivity index (χ3v) is 3.41. The Bertz CT molecular complexity index is 867. The van der Waals surface area contributed by atoms with Crippen LogP contribution < -0.4 is 11.5 Å². The van der Waals surface area contributed by atoms with Crippen LogP contribution in [0.3, 0.4) is 0 Å². The topological polar surface area (TPSA) is 93.6 Å². The van der Waals surface area contributed by atoms with Crippen molar-refractivity contribution in [3.8, 4) is 11.1 Å². The number of nitrogens with zero attached hydrogens (tertiary/aromatic N) is 2. The molecule has 114 valence electrons. The Hall–Kier alpha value is -2.77. The lowest BCUT2D eigenvalue weighted by molar-refractivity contribution is -0.140. The van der Waals surface area contributed by atoms with E-state index in [0.29, 0.717) is 10.9 Å². The summed E-state index contributed by atoms with van der Waals surface area (Å²) in [5, 5.41) is 7.40. The fraction of sp³-hybridized carbons (Fsp3) is 0.143. The third kappa shape index (κ3) is 2.22. The maximum absolute atomic E-state index is 13.2. The van der Waals surface area contributed by atoms with Gasteiger partial charge in [0.05, 0.1) is 17.4 Å². The number of nitrogen functional groups attached to an aromatic ring is 2. The lowest BCUT2D eigenvalue weighted by Crippen LogP contribution is -2.13. The average molecular weight is 307 g/mol. The minimum Gasteiger partial charge on any atom is -0.396 e. The van der Waals surface area contributed by atoms with E-state index in [1.165, 1.54) is 6.07 Å². The van der Waals surface area contributed by atoms with Gasteiger partial charge in [0, 0.05) is 10.9 Å². The Morgan fingerprint density at radius 3 is 2.55 bits per heavy atom. The number of aryl methyl sites for hydroxylation is 1. The molecular weight excluding hydrogens is 295 g/mol. The van der Waals surface area contributed by atoms with E-state index < -0.39 is 11.9 Å². The fourth-order valence-corrected chi connectivity index (χ4v) is 2.37. The van der Waals surface area contributed by atoms with Crippen LogP contribution in [0, 0.1) is 6.92 Å². The Morgan fingerprint density at radius 1 is 1.14 bits per heavy atom. The van der Waals surface area contributed by atoms with Gasteiger partial charge in [-0.25, -0.2) is 4.98 Å². The molecule has 5 N–H and O–H groups in total. The Labute approximate surface area is 123 Å². The minimum atomic E-state index is -4.63. The molecule has 0 saturated heterocycles. The molecule has 0 bridgehead atoms. The van der Waals surface area contributed by atoms with Gasteiger partial charge in [0.2, 0.25) is 0 Å². The van der Waals surface area contributed by atoms with Gasteiger partial charge >= 0.3 is 6.18 Å². The first-order valence-electron chi connectivity index (χ1n) is 6.34. The number of halogens is 3. The van der Waals surface area contributed by atoms with Crippen molar-refractivity contribution in [3.05, 3.63) is 35.7 Å². The molecule has 0 aliphatic heterocycles. The first-order valence-corrected chi connectivity index (χ1v) is 6.34. The summed E-state index contributed by atoms with van der Waals surface area (Å²) < 4.78 is 39.7.